The highest BCUT2D eigenvalue weighted by atomic mass is 79.9. The van der Waals surface area contributed by atoms with Gasteiger partial charge in [-0.05, 0) is 35.9 Å². The lowest BCUT2D eigenvalue weighted by atomic mass is 10.2. The van der Waals surface area contributed by atoms with Crippen LogP contribution >= 0.6 is 38.9 Å². The first-order valence-electron chi connectivity index (χ1n) is 7.06. The summed E-state index contributed by atoms with van der Waals surface area (Å²) in [7, 11) is 0. The van der Waals surface area contributed by atoms with Gasteiger partial charge in [0, 0.05) is 26.5 Å². The van der Waals surface area contributed by atoms with E-state index in [1.165, 1.54) is 17.4 Å². The predicted molar refractivity (Wildman–Crippen MR) is 104 cm³/mol. The molecule has 0 bridgehead atoms. The van der Waals surface area contributed by atoms with Gasteiger partial charge in [0.05, 0.1) is 5.69 Å². The molecule has 24 heavy (non-hydrogen) atoms. The number of benzene rings is 2. The van der Waals surface area contributed by atoms with Crippen molar-refractivity contribution in [3.05, 3.63) is 75.0 Å². The van der Waals surface area contributed by atoms with Crippen LogP contribution in [0, 0.1) is 0 Å². The molecule has 1 N–H and O–H groups in total. The minimum atomic E-state index is -0.231. The van der Waals surface area contributed by atoms with Crippen LogP contribution in [0.5, 0.6) is 0 Å². The summed E-state index contributed by atoms with van der Waals surface area (Å²) in [4.78, 5) is 16.4. The fourth-order valence-electron chi connectivity index (χ4n) is 2.04. The minimum absolute atomic E-state index is 0.231. The molecule has 0 aliphatic heterocycles. The number of hydrogen-bond acceptors (Lipinski definition) is 3. The van der Waals surface area contributed by atoms with Gasteiger partial charge in [0.2, 0.25) is 5.91 Å². The number of anilines is 1. The summed E-state index contributed by atoms with van der Waals surface area (Å²) in [6, 6.07) is 15.2. The second-order valence-corrected chi connectivity index (χ2v) is 7.14. The molecule has 1 heterocycles. The van der Waals surface area contributed by atoms with E-state index < -0.39 is 0 Å². The van der Waals surface area contributed by atoms with E-state index >= 15 is 0 Å². The average Bonchev–Trinajstić information content (AvgIpc) is 3.01. The maximum atomic E-state index is 12.0. The van der Waals surface area contributed by atoms with E-state index in [4.69, 9.17) is 11.6 Å². The summed E-state index contributed by atoms with van der Waals surface area (Å²) in [5.41, 5.74) is 2.69. The van der Waals surface area contributed by atoms with Crippen LogP contribution in [0.15, 0.2) is 64.5 Å². The highest BCUT2D eigenvalue weighted by Crippen LogP contribution is 2.26. The number of amides is 1. The van der Waals surface area contributed by atoms with Gasteiger partial charge in [-0.15, -0.1) is 11.3 Å². The smallest absolute Gasteiger partial charge is 0.250 e. The van der Waals surface area contributed by atoms with Crippen LogP contribution in [-0.4, -0.2) is 10.9 Å². The van der Waals surface area contributed by atoms with Crippen LogP contribution in [0.25, 0.3) is 17.3 Å². The third kappa shape index (κ3) is 4.54. The molecule has 3 aromatic rings. The molecular weight excluding hydrogens is 408 g/mol. The summed E-state index contributed by atoms with van der Waals surface area (Å²) < 4.78 is 0.989. The molecule has 0 unspecified atom stereocenters. The second kappa shape index (κ2) is 7.75. The van der Waals surface area contributed by atoms with Crippen molar-refractivity contribution in [3.63, 3.8) is 0 Å². The zero-order valence-electron chi connectivity index (χ0n) is 12.4. The molecule has 0 atom stereocenters. The molecule has 0 aliphatic rings. The Kier molecular flexibility index (Phi) is 5.45. The van der Waals surface area contributed by atoms with Crippen molar-refractivity contribution in [1.29, 1.82) is 0 Å². The first-order chi connectivity index (χ1) is 11.6. The van der Waals surface area contributed by atoms with Gasteiger partial charge in [-0.2, -0.15) is 0 Å². The molecule has 3 nitrogen and oxygen atoms in total. The number of rotatable bonds is 4. The summed E-state index contributed by atoms with van der Waals surface area (Å²) >= 11 is 10.7. The molecule has 3 rings (SSSR count). The van der Waals surface area contributed by atoms with Crippen LogP contribution in [-0.2, 0) is 4.79 Å². The minimum Gasteiger partial charge on any atom is -0.298 e. The highest BCUT2D eigenvalue weighted by Gasteiger charge is 2.06. The Morgan fingerprint density at radius 2 is 2.04 bits per heavy atom. The van der Waals surface area contributed by atoms with Gasteiger partial charge in [0.1, 0.15) is 0 Å². The van der Waals surface area contributed by atoms with E-state index in [1.54, 1.807) is 18.2 Å². The van der Waals surface area contributed by atoms with E-state index in [-0.39, 0.29) is 5.91 Å². The third-order valence-electron chi connectivity index (χ3n) is 3.13. The van der Waals surface area contributed by atoms with E-state index in [0.717, 1.165) is 21.3 Å². The molecule has 0 saturated heterocycles. The van der Waals surface area contributed by atoms with E-state index in [9.17, 15) is 4.79 Å². The molecular formula is C18H12BrClN2OS. The van der Waals surface area contributed by atoms with Crippen LogP contribution in [0.3, 0.4) is 0 Å². The lowest BCUT2D eigenvalue weighted by Gasteiger charge is -1.98. The van der Waals surface area contributed by atoms with Crippen molar-refractivity contribution < 1.29 is 4.79 Å². The van der Waals surface area contributed by atoms with Crippen LogP contribution < -0.4 is 5.32 Å². The van der Waals surface area contributed by atoms with Crippen molar-refractivity contribution in [2.75, 3.05) is 5.32 Å². The predicted octanol–water partition coefficient (Wildman–Crippen LogP) is 5.88. The summed E-state index contributed by atoms with van der Waals surface area (Å²) in [5.74, 6) is -0.231. The Morgan fingerprint density at radius 1 is 1.21 bits per heavy atom. The van der Waals surface area contributed by atoms with Crippen LogP contribution in [0.1, 0.15) is 5.56 Å². The van der Waals surface area contributed by atoms with Crippen LogP contribution in [0.2, 0.25) is 5.02 Å². The SMILES string of the molecule is O=C(C=Cc1cccc(Cl)c1)Nc1nc(-c2cccc(Br)c2)cs1. The number of aromatic nitrogens is 1. The standard InChI is InChI=1S/C18H12BrClN2OS/c19-14-5-2-4-13(10-14)16-11-24-18(21-16)22-17(23)8-7-12-3-1-6-15(20)9-12/h1-11H,(H,21,22,23). The van der Waals surface area contributed by atoms with Crippen molar-refractivity contribution in [2.45, 2.75) is 0 Å². The fraction of sp³-hybridized carbons (Fsp3) is 0. The van der Waals surface area contributed by atoms with E-state index in [1.807, 2.05) is 41.8 Å². The first-order valence-corrected chi connectivity index (χ1v) is 9.11. The van der Waals surface area contributed by atoms with Gasteiger partial charge in [-0.3, -0.25) is 10.1 Å². The Labute approximate surface area is 157 Å². The van der Waals surface area contributed by atoms with Crippen molar-refractivity contribution >= 4 is 56.0 Å². The third-order valence-corrected chi connectivity index (χ3v) is 4.62. The number of nitrogens with one attached hydrogen (secondary N) is 1. The number of hydrogen-bond donors (Lipinski definition) is 1. The molecule has 0 aliphatic carbocycles. The quantitative estimate of drug-likeness (QED) is 0.537. The number of thiazole rings is 1. The van der Waals surface area contributed by atoms with Crippen LogP contribution in [0.4, 0.5) is 5.13 Å². The lowest BCUT2D eigenvalue weighted by Crippen LogP contribution is -2.07. The van der Waals surface area contributed by atoms with Gasteiger partial charge >= 0.3 is 0 Å². The molecule has 120 valence electrons. The molecule has 0 spiro atoms. The molecule has 0 radical (unpaired) electrons. The molecule has 1 amide bonds. The summed E-state index contributed by atoms with van der Waals surface area (Å²) in [5, 5.41) is 5.88. The summed E-state index contributed by atoms with van der Waals surface area (Å²) in [6.07, 6.45) is 3.18. The maximum Gasteiger partial charge on any atom is 0.250 e. The average molecular weight is 420 g/mol. The Morgan fingerprint density at radius 3 is 2.83 bits per heavy atom. The fourth-order valence-corrected chi connectivity index (χ4v) is 3.36. The highest BCUT2D eigenvalue weighted by molar-refractivity contribution is 9.10. The zero-order chi connectivity index (χ0) is 16.9. The first kappa shape index (κ1) is 16.9. The largest absolute Gasteiger partial charge is 0.298 e. The van der Waals surface area contributed by atoms with Gasteiger partial charge in [0.15, 0.2) is 5.13 Å². The van der Waals surface area contributed by atoms with Gasteiger partial charge in [-0.1, -0.05) is 51.8 Å². The monoisotopic (exact) mass is 418 g/mol. The van der Waals surface area contributed by atoms with Gasteiger partial charge in [-0.25, -0.2) is 4.98 Å². The number of carbonyl (C=O) groups excluding carboxylic acids is 1. The molecule has 1 aromatic heterocycles. The second-order valence-electron chi connectivity index (χ2n) is 4.93. The number of carbonyl (C=O) groups is 1. The van der Waals surface area contributed by atoms with E-state index in [0.29, 0.717) is 10.2 Å². The maximum absolute atomic E-state index is 12.0. The zero-order valence-corrected chi connectivity index (χ0v) is 15.5. The number of nitrogens with zero attached hydrogens (tertiary/aromatic N) is 1. The van der Waals surface area contributed by atoms with Crippen molar-refractivity contribution in [2.24, 2.45) is 0 Å². The Hall–Kier alpha value is -1.95. The number of halogens is 2. The Bertz CT molecular complexity index is 907. The van der Waals surface area contributed by atoms with Crippen molar-refractivity contribution in [1.82, 2.24) is 4.98 Å². The molecule has 6 heteroatoms. The topological polar surface area (TPSA) is 42.0 Å². The van der Waals surface area contributed by atoms with Gasteiger partial charge < -0.3 is 0 Å². The molecule has 0 saturated carbocycles. The van der Waals surface area contributed by atoms with Gasteiger partial charge in [0.25, 0.3) is 0 Å². The lowest BCUT2D eigenvalue weighted by molar-refractivity contribution is -0.111. The molecule has 2 aromatic carbocycles. The Balaban J connectivity index is 1.67. The van der Waals surface area contributed by atoms with E-state index in [2.05, 4.69) is 26.2 Å². The molecule has 0 fully saturated rings. The van der Waals surface area contributed by atoms with Crippen molar-refractivity contribution in [3.8, 4) is 11.3 Å². The summed E-state index contributed by atoms with van der Waals surface area (Å²) in [6.45, 7) is 0. The normalized spacial score (nSPS) is 10.9.